The van der Waals surface area contributed by atoms with Gasteiger partial charge < -0.3 is 1.43 Å². The van der Waals surface area contributed by atoms with E-state index in [-0.39, 0.29) is 41.6 Å². The van der Waals surface area contributed by atoms with Gasteiger partial charge in [-0.15, -0.1) is 0 Å². The van der Waals surface area contributed by atoms with Crippen molar-refractivity contribution in [3.05, 3.63) is 36.4 Å². The van der Waals surface area contributed by atoms with Gasteiger partial charge in [0.25, 0.3) is 21.9 Å². The van der Waals surface area contributed by atoms with Crippen LogP contribution in [0.15, 0.2) is 41.3 Å². The van der Waals surface area contributed by atoms with Crippen LogP contribution in [0.1, 0.15) is 1.43 Å². The van der Waals surface area contributed by atoms with Gasteiger partial charge in [0.15, 0.2) is 0 Å². The maximum absolute atomic E-state index is 11.3. The monoisotopic (exact) mass is 277 g/mol. The molecule has 0 radical (unpaired) electrons. The number of nitrogens with zero attached hydrogens (tertiary/aromatic N) is 1. The maximum Gasteiger partial charge on any atom is 1.00 e. The molecule has 0 spiro atoms. The molecule has 1 heterocycles. The first kappa shape index (κ1) is 15.1. The Morgan fingerprint density at radius 1 is 1.00 bits per heavy atom. The summed E-state index contributed by atoms with van der Waals surface area (Å²) in [6.45, 7) is 0. The van der Waals surface area contributed by atoms with E-state index in [2.05, 4.69) is 0 Å². The Balaban J connectivity index is 0.00000162. The van der Waals surface area contributed by atoms with Gasteiger partial charge in [-0.25, -0.2) is 4.90 Å². The van der Waals surface area contributed by atoms with Crippen molar-refractivity contribution >= 4 is 27.6 Å². The number of benzene rings is 1. The molecule has 18 heavy (non-hydrogen) atoms. The van der Waals surface area contributed by atoms with Crippen molar-refractivity contribution in [2.75, 3.05) is 4.90 Å². The summed E-state index contributed by atoms with van der Waals surface area (Å²) in [5, 5.41) is 0. The number of imide groups is 1. The predicted molar refractivity (Wildman–Crippen MR) is 59.0 cm³/mol. The minimum atomic E-state index is -4.27. The molecule has 0 unspecified atom stereocenters. The van der Waals surface area contributed by atoms with Crippen LogP contribution in [0, 0.1) is 0 Å². The molecular weight excluding hydrogens is 269 g/mol. The van der Waals surface area contributed by atoms with Crippen molar-refractivity contribution in [3.8, 4) is 0 Å². The first-order chi connectivity index (χ1) is 7.89. The van der Waals surface area contributed by atoms with Gasteiger partial charge in [0.1, 0.15) is 0 Å². The zero-order valence-electron chi connectivity index (χ0n) is 10.4. The van der Waals surface area contributed by atoms with Crippen LogP contribution >= 0.6 is 0 Å². The van der Waals surface area contributed by atoms with E-state index in [0.29, 0.717) is 0 Å². The Kier molecular flexibility index (Phi) is 4.46. The number of carbonyl (C=O) groups excluding carboxylic acids is 2. The third kappa shape index (κ3) is 2.88. The van der Waals surface area contributed by atoms with Gasteiger partial charge in [-0.1, -0.05) is 0 Å². The molecule has 0 aliphatic carbocycles. The second kappa shape index (κ2) is 5.33. The average molecular weight is 277 g/mol. The van der Waals surface area contributed by atoms with Gasteiger partial charge in [-0.2, -0.15) is 8.42 Å². The molecule has 1 aliphatic rings. The number of hydrogen-bond donors (Lipinski definition) is 1. The number of anilines is 1. The standard InChI is InChI=1S/C10H7NO5S.Na.H/c12-9-5-6-10(13)11(9)7-1-3-8(4-2-7)17(14,15)16;;/h1-6H,(H,14,15,16);;/q;+1;-1. The summed E-state index contributed by atoms with van der Waals surface area (Å²) in [5.74, 6) is -0.982. The Morgan fingerprint density at radius 3 is 1.83 bits per heavy atom. The van der Waals surface area contributed by atoms with E-state index in [1.807, 2.05) is 0 Å². The van der Waals surface area contributed by atoms with Gasteiger partial charge in [0.2, 0.25) is 0 Å². The Labute approximate surface area is 127 Å². The van der Waals surface area contributed by atoms with Crippen LogP contribution in [0.5, 0.6) is 0 Å². The molecule has 1 aromatic carbocycles. The van der Waals surface area contributed by atoms with E-state index in [9.17, 15) is 18.0 Å². The van der Waals surface area contributed by atoms with Gasteiger partial charge in [-0.05, 0) is 24.3 Å². The van der Waals surface area contributed by atoms with Crippen LogP contribution in [0.3, 0.4) is 0 Å². The molecule has 1 aromatic rings. The maximum atomic E-state index is 11.3. The van der Waals surface area contributed by atoms with Gasteiger partial charge >= 0.3 is 29.6 Å². The summed E-state index contributed by atoms with van der Waals surface area (Å²) < 4.78 is 30.3. The molecule has 0 saturated heterocycles. The third-order valence-corrected chi connectivity index (χ3v) is 3.07. The van der Waals surface area contributed by atoms with Crippen LogP contribution in [-0.2, 0) is 19.7 Å². The molecule has 0 fully saturated rings. The quantitative estimate of drug-likeness (QED) is 0.366. The first-order valence-corrected chi connectivity index (χ1v) is 5.97. The van der Waals surface area contributed by atoms with Crippen molar-refractivity contribution in [1.29, 1.82) is 0 Å². The minimum absolute atomic E-state index is 0. The predicted octanol–water partition coefficient (Wildman–Crippen LogP) is -2.52. The summed E-state index contributed by atoms with van der Waals surface area (Å²) in [5.41, 5.74) is 0.248. The topological polar surface area (TPSA) is 91.8 Å². The summed E-state index contributed by atoms with van der Waals surface area (Å²) in [6, 6.07) is 4.77. The number of carbonyl (C=O) groups is 2. The first-order valence-electron chi connectivity index (χ1n) is 4.53. The fourth-order valence-corrected chi connectivity index (χ4v) is 1.90. The number of hydrogen-bond acceptors (Lipinski definition) is 4. The van der Waals surface area contributed by atoms with Gasteiger partial charge in [-0.3, -0.25) is 14.1 Å². The summed E-state index contributed by atoms with van der Waals surface area (Å²) >= 11 is 0. The van der Waals surface area contributed by atoms with Crippen molar-refractivity contribution in [2.45, 2.75) is 4.90 Å². The van der Waals surface area contributed by atoms with Crippen LogP contribution in [-0.4, -0.2) is 24.8 Å². The molecular formula is C10H8NNaO5S. The number of amides is 2. The van der Waals surface area contributed by atoms with Crippen molar-refractivity contribution < 1.29 is 53.5 Å². The molecule has 90 valence electrons. The normalized spacial score (nSPS) is 14.8. The molecule has 6 nitrogen and oxygen atoms in total. The Hall–Kier alpha value is -0.990. The summed E-state index contributed by atoms with van der Waals surface area (Å²) in [6.07, 6.45) is 2.25. The van der Waals surface area contributed by atoms with Crippen molar-refractivity contribution in [1.82, 2.24) is 0 Å². The van der Waals surface area contributed by atoms with Crippen LogP contribution in [0.2, 0.25) is 0 Å². The Morgan fingerprint density at radius 2 is 1.44 bits per heavy atom. The van der Waals surface area contributed by atoms with E-state index in [1.54, 1.807) is 0 Å². The summed E-state index contributed by atoms with van der Waals surface area (Å²) in [4.78, 5) is 23.2. The zero-order chi connectivity index (χ0) is 12.6. The van der Waals surface area contributed by atoms with E-state index >= 15 is 0 Å². The minimum Gasteiger partial charge on any atom is -1.00 e. The van der Waals surface area contributed by atoms with Crippen LogP contribution in [0.4, 0.5) is 5.69 Å². The molecule has 8 heteroatoms. The third-order valence-electron chi connectivity index (χ3n) is 2.20. The fourth-order valence-electron chi connectivity index (χ4n) is 1.42. The molecule has 2 amide bonds. The SMILES string of the molecule is O=C1C=CC(=O)N1c1ccc(S(=O)(=O)O)cc1.[H-].[Na+]. The van der Waals surface area contributed by atoms with Crippen molar-refractivity contribution in [2.24, 2.45) is 0 Å². The largest absolute Gasteiger partial charge is 1.00 e. The second-order valence-electron chi connectivity index (χ2n) is 3.31. The van der Waals surface area contributed by atoms with E-state index in [1.165, 1.54) is 12.1 Å². The molecule has 0 aromatic heterocycles. The average Bonchev–Trinajstić information content (AvgIpc) is 2.58. The smallest absolute Gasteiger partial charge is 1.00 e. The van der Waals surface area contributed by atoms with Crippen LogP contribution in [0.25, 0.3) is 0 Å². The molecule has 0 saturated carbocycles. The van der Waals surface area contributed by atoms with Crippen molar-refractivity contribution in [3.63, 3.8) is 0 Å². The molecule has 2 rings (SSSR count). The van der Waals surface area contributed by atoms with Crippen LogP contribution < -0.4 is 34.5 Å². The van der Waals surface area contributed by atoms with E-state index in [4.69, 9.17) is 4.55 Å². The van der Waals surface area contributed by atoms with Gasteiger partial charge in [0, 0.05) is 12.2 Å². The molecule has 0 atom stereocenters. The Bertz CT molecular complexity index is 608. The summed E-state index contributed by atoms with van der Waals surface area (Å²) in [7, 11) is -4.27. The van der Waals surface area contributed by atoms with E-state index in [0.717, 1.165) is 29.2 Å². The second-order valence-corrected chi connectivity index (χ2v) is 4.74. The molecule has 1 aliphatic heterocycles. The van der Waals surface area contributed by atoms with Gasteiger partial charge in [0.05, 0.1) is 10.6 Å². The number of rotatable bonds is 2. The van der Waals surface area contributed by atoms with E-state index < -0.39 is 21.9 Å². The molecule has 0 bridgehead atoms. The fraction of sp³-hybridized carbons (Fsp3) is 0. The zero-order valence-corrected chi connectivity index (χ0v) is 12.2. The molecule has 1 N–H and O–H groups in total.